The fraction of sp³-hybridized carbons (Fsp3) is 0.533. The van der Waals surface area contributed by atoms with Crippen LogP contribution in [0.25, 0.3) is 0 Å². The van der Waals surface area contributed by atoms with Crippen LogP contribution in [0.15, 0.2) is 24.3 Å². The largest absolute Gasteiger partial charge is 0.494 e. The van der Waals surface area contributed by atoms with Crippen LogP contribution < -0.4 is 4.74 Å². The third kappa shape index (κ3) is 4.06. The van der Waals surface area contributed by atoms with Gasteiger partial charge < -0.3 is 9.64 Å². The number of nitrogens with zero attached hydrogens (tertiary/aromatic N) is 1. The smallest absolute Gasteiger partial charge is 0.226 e. The van der Waals surface area contributed by atoms with E-state index in [-0.39, 0.29) is 5.91 Å². The van der Waals surface area contributed by atoms with Gasteiger partial charge in [0.2, 0.25) is 5.91 Å². The molecule has 0 fully saturated rings. The van der Waals surface area contributed by atoms with Crippen molar-refractivity contribution in [2.75, 3.05) is 13.7 Å². The molecule has 0 radical (unpaired) electrons. The van der Waals surface area contributed by atoms with Crippen molar-refractivity contribution in [2.45, 2.75) is 39.7 Å². The van der Waals surface area contributed by atoms with Crippen molar-refractivity contribution < 1.29 is 9.53 Å². The van der Waals surface area contributed by atoms with Gasteiger partial charge in [-0.2, -0.15) is 0 Å². The second kappa shape index (κ2) is 7.04. The molecule has 0 bridgehead atoms. The summed E-state index contributed by atoms with van der Waals surface area (Å²) in [6.45, 7) is 6.77. The molecule has 1 aromatic carbocycles. The summed E-state index contributed by atoms with van der Waals surface area (Å²) in [6.07, 6.45) is 1.43. The lowest BCUT2D eigenvalue weighted by Crippen LogP contribution is -2.35. The van der Waals surface area contributed by atoms with E-state index in [0.717, 1.165) is 17.7 Å². The highest BCUT2D eigenvalue weighted by atomic mass is 16.5. The van der Waals surface area contributed by atoms with Crippen molar-refractivity contribution in [3.8, 4) is 5.75 Å². The minimum atomic E-state index is 0.161. The monoisotopic (exact) mass is 249 g/mol. The molecule has 1 rings (SSSR count). The maximum atomic E-state index is 12.0. The highest BCUT2D eigenvalue weighted by Crippen LogP contribution is 2.13. The Morgan fingerprint density at radius 1 is 1.28 bits per heavy atom. The average molecular weight is 249 g/mol. The Morgan fingerprint density at radius 3 is 2.39 bits per heavy atom. The molecule has 1 atom stereocenters. The van der Waals surface area contributed by atoms with E-state index < -0.39 is 0 Å². The van der Waals surface area contributed by atoms with E-state index in [1.165, 1.54) is 0 Å². The van der Waals surface area contributed by atoms with Crippen molar-refractivity contribution in [1.29, 1.82) is 0 Å². The molecule has 0 saturated heterocycles. The van der Waals surface area contributed by atoms with Gasteiger partial charge in [-0.3, -0.25) is 4.79 Å². The Labute approximate surface area is 110 Å². The lowest BCUT2D eigenvalue weighted by atomic mass is 10.1. The molecular formula is C15H23NO2. The number of ether oxygens (including phenoxy) is 1. The molecule has 0 heterocycles. The zero-order valence-corrected chi connectivity index (χ0v) is 11.8. The zero-order valence-electron chi connectivity index (χ0n) is 11.8. The van der Waals surface area contributed by atoms with Gasteiger partial charge in [0.1, 0.15) is 5.75 Å². The van der Waals surface area contributed by atoms with E-state index in [2.05, 4.69) is 13.8 Å². The van der Waals surface area contributed by atoms with E-state index in [1.54, 1.807) is 0 Å². The normalized spacial score (nSPS) is 12.0. The molecule has 1 aromatic rings. The van der Waals surface area contributed by atoms with Crippen molar-refractivity contribution in [2.24, 2.45) is 0 Å². The summed E-state index contributed by atoms with van der Waals surface area (Å²) in [6, 6.07) is 8.02. The SMILES string of the molecule is CCOc1ccc(CC(=O)N(C)C(C)CC)cc1. The van der Waals surface area contributed by atoms with E-state index in [1.807, 2.05) is 43.1 Å². The fourth-order valence-electron chi connectivity index (χ4n) is 1.69. The Balaban J connectivity index is 2.59. The molecule has 0 spiro atoms. The number of likely N-dealkylation sites (N-methyl/N-ethyl adjacent to an activating group) is 1. The predicted molar refractivity (Wildman–Crippen MR) is 73.8 cm³/mol. The number of carbonyl (C=O) groups is 1. The summed E-state index contributed by atoms with van der Waals surface area (Å²) in [5.74, 6) is 1.01. The van der Waals surface area contributed by atoms with Crippen LogP contribution in [0, 0.1) is 0 Å². The molecular weight excluding hydrogens is 226 g/mol. The number of hydrogen-bond donors (Lipinski definition) is 0. The van der Waals surface area contributed by atoms with Gasteiger partial charge in [0.05, 0.1) is 13.0 Å². The Kier molecular flexibility index (Phi) is 5.69. The van der Waals surface area contributed by atoms with Gasteiger partial charge in [-0.05, 0) is 38.0 Å². The third-order valence-electron chi connectivity index (χ3n) is 3.24. The first-order valence-electron chi connectivity index (χ1n) is 6.55. The summed E-state index contributed by atoms with van der Waals surface area (Å²) in [7, 11) is 1.87. The van der Waals surface area contributed by atoms with Crippen LogP contribution in [0.1, 0.15) is 32.8 Å². The minimum Gasteiger partial charge on any atom is -0.494 e. The van der Waals surface area contributed by atoms with Crippen LogP contribution in [0.4, 0.5) is 0 Å². The summed E-state index contributed by atoms with van der Waals surface area (Å²) >= 11 is 0. The number of hydrogen-bond acceptors (Lipinski definition) is 2. The van der Waals surface area contributed by atoms with Gasteiger partial charge in [0.25, 0.3) is 0 Å². The molecule has 100 valence electrons. The van der Waals surface area contributed by atoms with Crippen molar-refractivity contribution in [3.63, 3.8) is 0 Å². The summed E-state index contributed by atoms with van der Waals surface area (Å²) in [4.78, 5) is 13.8. The topological polar surface area (TPSA) is 29.5 Å². The van der Waals surface area contributed by atoms with Gasteiger partial charge >= 0.3 is 0 Å². The number of benzene rings is 1. The van der Waals surface area contributed by atoms with Crippen LogP contribution in [0.2, 0.25) is 0 Å². The van der Waals surface area contributed by atoms with Crippen LogP contribution in [0.5, 0.6) is 5.75 Å². The fourth-order valence-corrected chi connectivity index (χ4v) is 1.69. The molecule has 18 heavy (non-hydrogen) atoms. The van der Waals surface area contributed by atoms with E-state index in [0.29, 0.717) is 19.1 Å². The summed E-state index contributed by atoms with van der Waals surface area (Å²) < 4.78 is 5.37. The Bertz CT molecular complexity index is 373. The average Bonchev–Trinajstić information content (AvgIpc) is 2.39. The van der Waals surface area contributed by atoms with E-state index in [9.17, 15) is 4.79 Å². The van der Waals surface area contributed by atoms with Gasteiger partial charge in [0.15, 0.2) is 0 Å². The van der Waals surface area contributed by atoms with Crippen LogP contribution in [-0.2, 0) is 11.2 Å². The first-order chi connectivity index (χ1) is 8.58. The first kappa shape index (κ1) is 14.6. The summed E-state index contributed by atoms with van der Waals surface area (Å²) in [5, 5.41) is 0. The third-order valence-corrected chi connectivity index (χ3v) is 3.24. The molecule has 0 aromatic heterocycles. The standard InChI is InChI=1S/C15H23NO2/c1-5-12(3)16(4)15(17)11-13-7-9-14(10-8-13)18-6-2/h7-10,12H,5-6,11H2,1-4H3. The highest BCUT2D eigenvalue weighted by Gasteiger charge is 2.14. The van der Waals surface area contributed by atoms with Crippen molar-refractivity contribution in [3.05, 3.63) is 29.8 Å². The molecule has 1 unspecified atom stereocenters. The summed E-state index contributed by atoms with van der Waals surface area (Å²) in [5.41, 5.74) is 1.03. The second-order valence-corrected chi connectivity index (χ2v) is 4.52. The van der Waals surface area contributed by atoms with Gasteiger partial charge in [0, 0.05) is 13.1 Å². The van der Waals surface area contributed by atoms with Crippen LogP contribution in [-0.4, -0.2) is 30.5 Å². The number of carbonyl (C=O) groups excluding carboxylic acids is 1. The number of amides is 1. The highest BCUT2D eigenvalue weighted by molar-refractivity contribution is 5.78. The minimum absolute atomic E-state index is 0.161. The lowest BCUT2D eigenvalue weighted by Gasteiger charge is -2.23. The van der Waals surface area contributed by atoms with Crippen LogP contribution in [0.3, 0.4) is 0 Å². The first-order valence-corrected chi connectivity index (χ1v) is 6.55. The maximum absolute atomic E-state index is 12.0. The van der Waals surface area contributed by atoms with E-state index >= 15 is 0 Å². The zero-order chi connectivity index (χ0) is 13.5. The predicted octanol–water partition coefficient (Wildman–Crippen LogP) is 2.88. The maximum Gasteiger partial charge on any atom is 0.226 e. The number of rotatable bonds is 6. The molecule has 3 heteroatoms. The van der Waals surface area contributed by atoms with Crippen molar-refractivity contribution in [1.82, 2.24) is 4.90 Å². The molecule has 0 aliphatic carbocycles. The quantitative estimate of drug-likeness (QED) is 0.776. The molecule has 0 N–H and O–H groups in total. The Morgan fingerprint density at radius 2 is 1.89 bits per heavy atom. The molecule has 0 aliphatic heterocycles. The van der Waals surface area contributed by atoms with Crippen LogP contribution >= 0.6 is 0 Å². The van der Waals surface area contributed by atoms with E-state index in [4.69, 9.17) is 4.74 Å². The Hall–Kier alpha value is -1.51. The molecule has 3 nitrogen and oxygen atoms in total. The molecule has 0 saturated carbocycles. The van der Waals surface area contributed by atoms with Gasteiger partial charge in [-0.15, -0.1) is 0 Å². The molecule has 0 aliphatic rings. The molecule has 1 amide bonds. The van der Waals surface area contributed by atoms with Gasteiger partial charge in [-0.25, -0.2) is 0 Å². The lowest BCUT2D eigenvalue weighted by molar-refractivity contribution is -0.130. The van der Waals surface area contributed by atoms with Gasteiger partial charge in [-0.1, -0.05) is 19.1 Å². The second-order valence-electron chi connectivity index (χ2n) is 4.52. The van der Waals surface area contributed by atoms with Crippen molar-refractivity contribution >= 4 is 5.91 Å².